The van der Waals surface area contributed by atoms with Crippen molar-refractivity contribution in [3.63, 3.8) is 0 Å². The van der Waals surface area contributed by atoms with Crippen molar-refractivity contribution in [2.45, 2.75) is 34.6 Å². The molecule has 3 aromatic rings. The Kier molecular flexibility index (Phi) is 11.0. The summed E-state index contributed by atoms with van der Waals surface area (Å²) in [5, 5.41) is 0. The van der Waals surface area contributed by atoms with Gasteiger partial charge in [-0.1, -0.05) is 39.8 Å². The molecule has 0 saturated heterocycles. The molecule has 150 valence electrons. The molecule has 0 bridgehead atoms. The first-order chi connectivity index (χ1) is 13.8. The molecule has 0 amide bonds. The molecule has 1 aromatic heterocycles. The molecular formula is C23H30N2O3. The highest BCUT2D eigenvalue weighted by atomic mass is 17.2. The summed E-state index contributed by atoms with van der Waals surface area (Å²) in [5.41, 5.74) is 2.90. The van der Waals surface area contributed by atoms with E-state index in [1.165, 1.54) is 0 Å². The minimum atomic E-state index is 0.502. The molecule has 0 aliphatic rings. The average Bonchev–Trinajstić information content (AvgIpc) is 2.81. The number of ether oxygens (including phenoxy) is 1. The van der Waals surface area contributed by atoms with Gasteiger partial charge in [0.1, 0.15) is 5.75 Å². The van der Waals surface area contributed by atoms with Crippen LogP contribution in [0.1, 0.15) is 34.6 Å². The van der Waals surface area contributed by atoms with Gasteiger partial charge in [0.15, 0.2) is 11.6 Å². The Morgan fingerprint density at radius 1 is 0.679 bits per heavy atom. The number of methoxy groups -OCH3 is 1. The van der Waals surface area contributed by atoms with E-state index in [0.29, 0.717) is 18.2 Å². The summed E-state index contributed by atoms with van der Waals surface area (Å²) in [6, 6.07) is 15.2. The largest absolute Gasteiger partial charge is 0.497 e. The number of hydrogen-bond acceptors (Lipinski definition) is 5. The molecule has 2 aromatic carbocycles. The van der Waals surface area contributed by atoms with Crippen molar-refractivity contribution in [3.8, 4) is 34.0 Å². The standard InChI is InChI=1S/C19H18N2O3.2C2H6/c1-3-23-24-18-10-4-14(5-11-18)16-12-20-19(21-13-16)15-6-8-17(22-2)9-7-15;2*1-2/h4-13H,3H2,1-2H3;2*1-2H3. The smallest absolute Gasteiger partial charge is 0.165 e. The summed E-state index contributed by atoms with van der Waals surface area (Å²) in [6.07, 6.45) is 3.62. The lowest BCUT2D eigenvalue weighted by atomic mass is 10.1. The zero-order valence-corrected chi connectivity index (χ0v) is 17.6. The lowest BCUT2D eigenvalue weighted by Crippen LogP contribution is -1.95. The van der Waals surface area contributed by atoms with Gasteiger partial charge in [0.2, 0.25) is 0 Å². The first-order valence-electron chi connectivity index (χ1n) is 9.66. The van der Waals surface area contributed by atoms with Gasteiger partial charge in [-0.25, -0.2) is 9.97 Å². The van der Waals surface area contributed by atoms with Crippen molar-refractivity contribution in [2.75, 3.05) is 13.7 Å². The predicted molar refractivity (Wildman–Crippen MR) is 114 cm³/mol. The Morgan fingerprint density at radius 2 is 1.18 bits per heavy atom. The minimum Gasteiger partial charge on any atom is -0.497 e. The highest BCUT2D eigenvalue weighted by Gasteiger charge is 2.04. The van der Waals surface area contributed by atoms with Gasteiger partial charge in [-0.2, -0.15) is 4.89 Å². The third-order valence-electron chi connectivity index (χ3n) is 3.46. The summed E-state index contributed by atoms with van der Waals surface area (Å²) in [6.45, 7) is 10.4. The van der Waals surface area contributed by atoms with Crippen LogP contribution >= 0.6 is 0 Å². The van der Waals surface area contributed by atoms with Crippen LogP contribution in [-0.4, -0.2) is 23.7 Å². The van der Waals surface area contributed by atoms with Crippen molar-refractivity contribution in [3.05, 3.63) is 60.9 Å². The Morgan fingerprint density at radius 3 is 1.68 bits per heavy atom. The number of rotatable bonds is 6. The Balaban J connectivity index is 0.000000921. The van der Waals surface area contributed by atoms with Gasteiger partial charge in [-0.05, 0) is 48.9 Å². The molecule has 0 spiro atoms. The second-order valence-electron chi connectivity index (χ2n) is 5.04. The second-order valence-corrected chi connectivity index (χ2v) is 5.04. The molecule has 5 nitrogen and oxygen atoms in total. The van der Waals surface area contributed by atoms with Crippen LogP contribution in [0.2, 0.25) is 0 Å². The third-order valence-corrected chi connectivity index (χ3v) is 3.46. The van der Waals surface area contributed by atoms with Gasteiger partial charge in [0.25, 0.3) is 0 Å². The Bertz CT molecular complexity index is 770. The SMILES string of the molecule is CC.CC.CCOOc1ccc(-c2cnc(-c3ccc(OC)cc3)nc2)cc1. The minimum absolute atomic E-state index is 0.502. The van der Waals surface area contributed by atoms with Gasteiger partial charge in [-0.3, -0.25) is 0 Å². The van der Waals surface area contributed by atoms with Crippen molar-refractivity contribution in [1.82, 2.24) is 9.97 Å². The fourth-order valence-corrected chi connectivity index (χ4v) is 2.20. The normalized spacial score (nSPS) is 9.36. The second kappa shape index (κ2) is 13.3. The van der Waals surface area contributed by atoms with Crippen molar-refractivity contribution >= 4 is 0 Å². The van der Waals surface area contributed by atoms with Crippen LogP contribution in [0.15, 0.2) is 60.9 Å². The predicted octanol–water partition coefficient (Wildman–Crippen LogP) is 6.20. The van der Waals surface area contributed by atoms with E-state index in [2.05, 4.69) is 9.97 Å². The lowest BCUT2D eigenvalue weighted by Gasteiger charge is -2.06. The van der Waals surface area contributed by atoms with Crippen LogP contribution in [0.3, 0.4) is 0 Å². The molecule has 0 aliphatic carbocycles. The first kappa shape index (κ1) is 23.1. The van der Waals surface area contributed by atoms with Gasteiger partial charge < -0.3 is 9.62 Å². The van der Waals surface area contributed by atoms with Gasteiger partial charge in [-0.15, -0.1) is 0 Å². The molecule has 5 heteroatoms. The third kappa shape index (κ3) is 6.67. The highest BCUT2D eigenvalue weighted by Crippen LogP contribution is 2.24. The topological polar surface area (TPSA) is 53.5 Å². The molecule has 3 rings (SSSR count). The number of hydrogen-bond donors (Lipinski definition) is 0. The van der Waals surface area contributed by atoms with Crippen LogP contribution in [0.5, 0.6) is 11.5 Å². The molecule has 0 radical (unpaired) electrons. The maximum Gasteiger partial charge on any atom is 0.165 e. The zero-order valence-electron chi connectivity index (χ0n) is 17.6. The van der Waals surface area contributed by atoms with E-state index >= 15 is 0 Å². The van der Waals surface area contributed by atoms with Crippen molar-refractivity contribution in [2.24, 2.45) is 0 Å². The molecule has 0 fully saturated rings. The van der Waals surface area contributed by atoms with Gasteiger partial charge in [0, 0.05) is 23.5 Å². The highest BCUT2D eigenvalue weighted by molar-refractivity contribution is 5.64. The number of benzene rings is 2. The summed E-state index contributed by atoms with van der Waals surface area (Å²) >= 11 is 0. The van der Waals surface area contributed by atoms with E-state index in [-0.39, 0.29) is 0 Å². The molecule has 0 atom stereocenters. The maximum atomic E-state index is 5.16. The summed E-state index contributed by atoms with van der Waals surface area (Å²) < 4.78 is 5.16. The number of aromatic nitrogens is 2. The van der Waals surface area contributed by atoms with Crippen LogP contribution in [0.25, 0.3) is 22.5 Å². The van der Waals surface area contributed by atoms with Crippen LogP contribution < -0.4 is 9.62 Å². The van der Waals surface area contributed by atoms with Gasteiger partial charge in [0.05, 0.1) is 13.7 Å². The van der Waals surface area contributed by atoms with E-state index in [0.717, 1.165) is 22.4 Å². The monoisotopic (exact) mass is 382 g/mol. The molecule has 28 heavy (non-hydrogen) atoms. The van der Waals surface area contributed by atoms with Gasteiger partial charge >= 0.3 is 0 Å². The Labute approximate surface area is 168 Å². The van der Waals surface area contributed by atoms with E-state index in [1.54, 1.807) is 7.11 Å². The van der Waals surface area contributed by atoms with Crippen molar-refractivity contribution in [1.29, 1.82) is 0 Å². The molecule has 0 unspecified atom stereocenters. The lowest BCUT2D eigenvalue weighted by molar-refractivity contribution is -0.202. The molecule has 1 heterocycles. The average molecular weight is 383 g/mol. The Hall–Kier alpha value is -2.92. The summed E-state index contributed by atoms with van der Waals surface area (Å²) in [7, 11) is 1.64. The fraction of sp³-hybridized carbons (Fsp3) is 0.304. The molecule has 0 aliphatic heterocycles. The molecular weight excluding hydrogens is 352 g/mol. The summed E-state index contributed by atoms with van der Waals surface area (Å²) in [5.74, 6) is 2.15. The molecule has 0 N–H and O–H groups in total. The van der Waals surface area contributed by atoms with Crippen LogP contribution in [0.4, 0.5) is 0 Å². The van der Waals surface area contributed by atoms with Crippen molar-refractivity contribution < 1.29 is 14.5 Å². The molecule has 0 saturated carbocycles. The van der Waals surface area contributed by atoms with Crippen LogP contribution in [0, 0.1) is 0 Å². The zero-order chi connectivity index (χ0) is 20.8. The van der Waals surface area contributed by atoms with E-state index in [1.807, 2.05) is 95.5 Å². The van der Waals surface area contributed by atoms with E-state index in [4.69, 9.17) is 14.5 Å². The van der Waals surface area contributed by atoms with Crippen LogP contribution in [-0.2, 0) is 4.89 Å². The fourth-order valence-electron chi connectivity index (χ4n) is 2.20. The summed E-state index contributed by atoms with van der Waals surface area (Å²) in [4.78, 5) is 18.9. The maximum absolute atomic E-state index is 5.16. The quantitative estimate of drug-likeness (QED) is 0.375. The van der Waals surface area contributed by atoms with E-state index in [9.17, 15) is 0 Å². The van der Waals surface area contributed by atoms with E-state index < -0.39 is 0 Å². The number of nitrogens with zero attached hydrogens (tertiary/aromatic N) is 2. The first-order valence-corrected chi connectivity index (χ1v) is 9.66.